The van der Waals surface area contributed by atoms with Gasteiger partial charge < -0.3 is 15.0 Å². The van der Waals surface area contributed by atoms with Gasteiger partial charge in [0.2, 0.25) is 5.96 Å². The first-order chi connectivity index (χ1) is 17.2. The maximum Gasteiger partial charge on any atom is 0.214 e. The number of aliphatic imine (C=N–C) groups is 1. The van der Waals surface area contributed by atoms with Crippen molar-refractivity contribution in [2.45, 2.75) is 25.0 Å². The van der Waals surface area contributed by atoms with Crippen LogP contribution in [0.25, 0.3) is 16.9 Å². The van der Waals surface area contributed by atoms with Crippen LogP contribution in [0, 0.1) is 11.5 Å². The van der Waals surface area contributed by atoms with E-state index in [0.717, 1.165) is 54.2 Å². The molecule has 2 fully saturated rings. The van der Waals surface area contributed by atoms with E-state index in [1.165, 1.54) is 0 Å². The summed E-state index contributed by atoms with van der Waals surface area (Å²) in [5, 5.41) is 19.5. The number of imidazole rings is 1. The summed E-state index contributed by atoms with van der Waals surface area (Å²) in [6, 6.07) is 13.5. The molecule has 6 rings (SSSR count). The summed E-state index contributed by atoms with van der Waals surface area (Å²) in [4.78, 5) is 15.5. The Hall–Kier alpha value is -4.49. The van der Waals surface area contributed by atoms with E-state index < -0.39 is 0 Å². The molecule has 0 amide bonds. The lowest BCUT2D eigenvalue weighted by atomic mass is 10.1. The van der Waals surface area contributed by atoms with Gasteiger partial charge in [-0.15, -0.1) is 0 Å². The molecule has 35 heavy (non-hydrogen) atoms. The second-order valence-electron chi connectivity index (χ2n) is 8.58. The minimum absolute atomic E-state index is 0.286. The first-order valence-corrected chi connectivity index (χ1v) is 11.5. The summed E-state index contributed by atoms with van der Waals surface area (Å²) in [6.07, 6.45) is 11.7. The van der Waals surface area contributed by atoms with E-state index in [0.29, 0.717) is 11.6 Å². The summed E-state index contributed by atoms with van der Waals surface area (Å²) >= 11 is 0. The van der Waals surface area contributed by atoms with Crippen LogP contribution in [0.5, 0.6) is 0 Å². The molecule has 5 heterocycles. The SMILES string of the molecule is N#CNC(=Nc1ccc(-c2cc(N3CC4CCC(C3)O4)c3nccn3n2)cc1)Nc1cccnc1. The minimum Gasteiger partial charge on any atom is -0.371 e. The summed E-state index contributed by atoms with van der Waals surface area (Å²) in [7, 11) is 0. The Kier molecular flexibility index (Phi) is 5.44. The quantitative estimate of drug-likeness (QED) is 0.204. The van der Waals surface area contributed by atoms with Crippen LogP contribution in [0.3, 0.4) is 0 Å². The third kappa shape index (κ3) is 4.37. The number of hydrogen-bond donors (Lipinski definition) is 2. The van der Waals surface area contributed by atoms with Gasteiger partial charge in [-0.1, -0.05) is 12.1 Å². The lowest BCUT2D eigenvalue weighted by Crippen LogP contribution is -2.42. The fourth-order valence-corrected chi connectivity index (χ4v) is 4.63. The molecule has 1 aromatic carbocycles. The third-order valence-electron chi connectivity index (χ3n) is 6.23. The fourth-order valence-electron chi connectivity index (χ4n) is 4.63. The Morgan fingerprint density at radius 1 is 1.11 bits per heavy atom. The molecule has 0 aliphatic carbocycles. The predicted molar refractivity (Wildman–Crippen MR) is 132 cm³/mol. The van der Waals surface area contributed by atoms with Crippen LogP contribution in [-0.2, 0) is 4.74 Å². The second-order valence-corrected chi connectivity index (χ2v) is 8.58. The number of guanidine groups is 1. The highest BCUT2D eigenvalue weighted by atomic mass is 16.5. The maximum absolute atomic E-state index is 9.10. The normalized spacial score (nSPS) is 19.5. The predicted octanol–water partition coefficient (Wildman–Crippen LogP) is 3.33. The van der Waals surface area contributed by atoms with E-state index in [1.807, 2.05) is 47.2 Å². The summed E-state index contributed by atoms with van der Waals surface area (Å²) in [6.45, 7) is 1.74. The highest BCUT2D eigenvalue weighted by Gasteiger charge is 2.34. The molecule has 0 spiro atoms. The zero-order valence-corrected chi connectivity index (χ0v) is 18.9. The number of ether oxygens (including phenoxy) is 1. The monoisotopic (exact) mass is 465 g/mol. The van der Waals surface area contributed by atoms with Crippen LogP contribution in [0.2, 0.25) is 0 Å². The summed E-state index contributed by atoms with van der Waals surface area (Å²) in [5.41, 5.74) is 5.16. The van der Waals surface area contributed by atoms with E-state index >= 15 is 0 Å². The van der Waals surface area contributed by atoms with E-state index in [-0.39, 0.29) is 12.2 Å². The van der Waals surface area contributed by atoms with Crippen LogP contribution < -0.4 is 15.5 Å². The molecule has 174 valence electrons. The zero-order chi connectivity index (χ0) is 23.6. The molecule has 0 saturated carbocycles. The number of hydrogen-bond acceptors (Lipinski definition) is 7. The van der Waals surface area contributed by atoms with Gasteiger partial charge in [0.15, 0.2) is 11.8 Å². The summed E-state index contributed by atoms with van der Waals surface area (Å²) in [5.74, 6) is 0.315. The largest absolute Gasteiger partial charge is 0.371 e. The van der Waals surface area contributed by atoms with Crippen molar-refractivity contribution in [3.63, 3.8) is 0 Å². The number of benzene rings is 1. The Morgan fingerprint density at radius 3 is 2.69 bits per heavy atom. The topological polar surface area (TPSA) is 116 Å². The molecule has 2 aliphatic rings. The molecule has 2 unspecified atom stereocenters. The van der Waals surface area contributed by atoms with E-state index in [1.54, 1.807) is 24.7 Å². The van der Waals surface area contributed by atoms with Crippen molar-refractivity contribution in [3.8, 4) is 17.5 Å². The third-order valence-corrected chi connectivity index (χ3v) is 6.23. The van der Waals surface area contributed by atoms with Gasteiger partial charge in [0.25, 0.3) is 0 Å². The Morgan fingerprint density at radius 2 is 1.94 bits per heavy atom. The fraction of sp³-hybridized carbons (Fsp3) is 0.240. The molecule has 2 N–H and O–H groups in total. The number of nitriles is 1. The van der Waals surface area contributed by atoms with Crippen molar-refractivity contribution < 1.29 is 4.74 Å². The van der Waals surface area contributed by atoms with Crippen molar-refractivity contribution in [2.75, 3.05) is 23.3 Å². The van der Waals surface area contributed by atoms with Gasteiger partial charge in [-0.2, -0.15) is 10.4 Å². The van der Waals surface area contributed by atoms with Gasteiger partial charge in [-0.3, -0.25) is 10.3 Å². The molecule has 2 aliphatic heterocycles. The molecule has 2 saturated heterocycles. The van der Waals surface area contributed by atoms with Crippen LogP contribution >= 0.6 is 0 Å². The van der Waals surface area contributed by atoms with Crippen LogP contribution in [0.4, 0.5) is 17.1 Å². The van der Waals surface area contributed by atoms with E-state index in [9.17, 15) is 0 Å². The lowest BCUT2D eigenvalue weighted by Gasteiger charge is -2.34. The van der Waals surface area contributed by atoms with Crippen molar-refractivity contribution in [2.24, 2.45) is 4.99 Å². The van der Waals surface area contributed by atoms with E-state index in [4.69, 9.17) is 15.1 Å². The first-order valence-electron chi connectivity index (χ1n) is 11.5. The van der Waals surface area contributed by atoms with Gasteiger partial charge in [-0.05, 0) is 43.2 Å². The van der Waals surface area contributed by atoms with Gasteiger partial charge in [0, 0.05) is 37.2 Å². The number of pyridine rings is 1. The highest BCUT2D eigenvalue weighted by molar-refractivity contribution is 5.96. The smallest absolute Gasteiger partial charge is 0.214 e. The molecule has 0 radical (unpaired) electrons. The van der Waals surface area contributed by atoms with Crippen molar-refractivity contribution in [1.29, 1.82) is 5.26 Å². The van der Waals surface area contributed by atoms with Gasteiger partial charge in [-0.25, -0.2) is 14.5 Å². The van der Waals surface area contributed by atoms with Crippen molar-refractivity contribution in [3.05, 3.63) is 67.3 Å². The van der Waals surface area contributed by atoms with Crippen LogP contribution in [-0.4, -0.2) is 50.8 Å². The Labute approximate surface area is 201 Å². The number of morpholine rings is 1. The number of rotatable bonds is 4. The van der Waals surface area contributed by atoms with Gasteiger partial charge in [0.1, 0.15) is 0 Å². The number of nitrogens with one attached hydrogen (secondary N) is 2. The molecular weight excluding hydrogens is 442 g/mol. The number of fused-ring (bicyclic) bond motifs is 3. The van der Waals surface area contributed by atoms with Crippen LogP contribution in [0.1, 0.15) is 12.8 Å². The molecule has 2 bridgehead atoms. The molecule has 4 aromatic rings. The lowest BCUT2D eigenvalue weighted by molar-refractivity contribution is 0.0305. The van der Waals surface area contributed by atoms with Crippen molar-refractivity contribution in [1.82, 2.24) is 24.9 Å². The number of aromatic nitrogens is 4. The molecule has 2 atom stereocenters. The standard InChI is InChI=1S/C25H23N9O/c26-16-29-25(31-19-2-1-9-27-13-19)30-18-5-3-17(4-6-18)22-12-23(24-28-10-11-34(24)32-22)33-14-20-7-8-21(15-33)35-20/h1-6,9-13,20-21H,7-8,14-15H2,(H2,29,30,31). The summed E-state index contributed by atoms with van der Waals surface area (Å²) < 4.78 is 7.86. The zero-order valence-electron chi connectivity index (χ0n) is 18.9. The van der Waals surface area contributed by atoms with Crippen LogP contribution in [0.15, 0.2) is 72.2 Å². The minimum atomic E-state index is 0.286. The van der Waals surface area contributed by atoms with Crippen molar-refractivity contribution >= 4 is 28.7 Å². The Bertz CT molecular complexity index is 1400. The molecule has 3 aromatic heterocycles. The average Bonchev–Trinajstić information content (AvgIpc) is 3.50. The second kappa shape index (κ2) is 9.04. The average molecular weight is 466 g/mol. The molecule has 10 nitrogen and oxygen atoms in total. The first kappa shape index (κ1) is 21.1. The van der Waals surface area contributed by atoms with E-state index in [2.05, 4.69) is 36.6 Å². The van der Waals surface area contributed by atoms with Gasteiger partial charge >= 0.3 is 0 Å². The molecule has 10 heteroatoms. The number of anilines is 2. The Balaban J connectivity index is 1.29. The van der Waals surface area contributed by atoms with Gasteiger partial charge in [0.05, 0.1) is 41.2 Å². The maximum atomic E-state index is 9.10. The molecular formula is C25H23N9O. The number of nitrogens with zero attached hydrogens (tertiary/aromatic N) is 7. The highest BCUT2D eigenvalue weighted by Crippen LogP contribution is 2.33.